The van der Waals surface area contributed by atoms with Crippen molar-refractivity contribution in [2.45, 2.75) is 13.3 Å². The minimum absolute atomic E-state index is 0.0577. The molecule has 0 heterocycles. The van der Waals surface area contributed by atoms with Crippen LogP contribution in [0.3, 0.4) is 0 Å². The Morgan fingerprint density at radius 3 is 2.52 bits per heavy atom. The van der Waals surface area contributed by atoms with Crippen LogP contribution in [0, 0.1) is 10.1 Å². The summed E-state index contributed by atoms with van der Waals surface area (Å²) in [6.07, 6.45) is 1.30. The number of rotatable bonds is 7. The van der Waals surface area contributed by atoms with Crippen LogP contribution in [0.2, 0.25) is 0 Å². The van der Waals surface area contributed by atoms with E-state index in [1.165, 1.54) is 23.1 Å². The summed E-state index contributed by atoms with van der Waals surface area (Å²) < 4.78 is 0. The molecule has 0 fully saturated rings. The maximum Gasteiger partial charge on any atom is 0.293 e. The van der Waals surface area contributed by atoms with Crippen molar-refractivity contribution in [2.75, 3.05) is 32.1 Å². The number of nitro groups is 1. The first-order valence-corrected chi connectivity index (χ1v) is 6.59. The number of amides is 1. The molecule has 0 unspecified atom stereocenters. The Hall–Kier alpha value is -2.44. The Bertz CT molecular complexity index is 543. The first-order chi connectivity index (χ1) is 9.90. The summed E-state index contributed by atoms with van der Waals surface area (Å²) in [5.74, 6) is -0.141. The van der Waals surface area contributed by atoms with Crippen LogP contribution in [0.15, 0.2) is 18.2 Å². The Morgan fingerprint density at radius 2 is 2.05 bits per heavy atom. The molecule has 7 nitrogen and oxygen atoms in total. The lowest BCUT2D eigenvalue weighted by molar-refractivity contribution is -0.384. The van der Waals surface area contributed by atoms with Gasteiger partial charge in [0.15, 0.2) is 0 Å². The Balaban J connectivity index is 3.20. The summed E-state index contributed by atoms with van der Waals surface area (Å²) in [5, 5.41) is 11.2. The van der Waals surface area contributed by atoms with E-state index in [1.807, 2.05) is 6.92 Å². The number of likely N-dealkylation sites (N-methyl/N-ethyl adjacent to an activating group) is 1. The van der Waals surface area contributed by atoms with Crippen LogP contribution in [0.4, 0.5) is 11.4 Å². The van der Waals surface area contributed by atoms with Gasteiger partial charge in [0.1, 0.15) is 12.0 Å². The van der Waals surface area contributed by atoms with Crippen molar-refractivity contribution in [3.63, 3.8) is 0 Å². The minimum Gasteiger partial charge on any atom is -0.357 e. The first-order valence-electron chi connectivity index (χ1n) is 6.59. The number of hydrogen-bond donors (Lipinski definition) is 0. The highest BCUT2D eigenvalue weighted by atomic mass is 16.6. The Morgan fingerprint density at radius 1 is 1.38 bits per heavy atom. The summed E-state index contributed by atoms with van der Waals surface area (Å²) in [4.78, 5) is 36.4. The molecule has 0 spiro atoms. The Kier molecular flexibility index (Phi) is 5.83. The standard InChI is InChI=1S/C14H19N3O4/c1-4-7-16(9-14(19)15(2)3)12-6-5-11(10-18)8-13(12)17(20)21/h5-6,8,10H,4,7,9H2,1-3H3. The van der Waals surface area contributed by atoms with Crippen LogP contribution in [-0.2, 0) is 4.79 Å². The van der Waals surface area contributed by atoms with E-state index in [0.29, 0.717) is 18.5 Å². The highest BCUT2D eigenvalue weighted by molar-refractivity contribution is 5.84. The number of nitrogens with zero attached hydrogens (tertiary/aromatic N) is 3. The van der Waals surface area contributed by atoms with E-state index in [1.54, 1.807) is 19.0 Å². The number of carbonyl (C=O) groups is 2. The van der Waals surface area contributed by atoms with E-state index in [2.05, 4.69) is 0 Å². The fourth-order valence-corrected chi connectivity index (χ4v) is 1.89. The molecule has 0 saturated carbocycles. The highest BCUT2D eigenvalue weighted by Crippen LogP contribution is 2.29. The first kappa shape index (κ1) is 16.6. The summed E-state index contributed by atoms with van der Waals surface area (Å²) in [5.41, 5.74) is 0.420. The fourth-order valence-electron chi connectivity index (χ4n) is 1.89. The molecule has 0 saturated heterocycles. The van der Waals surface area contributed by atoms with Crippen molar-refractivity contribution in [1.82, 2.24) is 4.90 Å². The van der Waals surface area contributed by atoms with Gasteiger partial charge in [-0.1, -0.05) is 6.92 Å². The molecule has 1 rings (SSSR count). The van der Waals surface area contributed by atoms with Gasteiger partial charge in [0, 0.05) is 32.3 Å². The summed E-state index contributed by atoms with van der Waals surface area (Å²) in [6, 6.07) is 4.25. The van der Waals surface area contributed by atoms with Gasteiger partial charge in [-0.25, -0.2) is 0 Å². The van der Waals surface area contributed by atoms with Gasteiger partial charge in [-0.15, -0.1) is 0 Å². The number of anilines is 1. The second-order valence-electron chi connectivity index (χ2n) is 4.83. The van der Waals surface area contributed by atoms with E-state index >= 15 is 0 Å². The zero-order valence-corrected chi connectivity index (χ0v) is 12.4. The van der Waals surface area contributed by atoms with Crippen molar-refractivity contribution in [3.8, 4) is 0 Å². The lowest BCUT2D eigenvalue weighted by Gasteiger charge is -2.25. The smallest absolute Gasteiger partial charge is 0.293 e. The monoisotopic (exact) mass is 293 g/mol. The van der Waals surface area contributed by atoms with Crippen LogP contribution in [0.1, 0.15) is 23.7 Å². The average molecular weight is 293 g/mol. The largest absolute Gasteiger partial charge is 0.357 e. The molecule has 1 amide bonds. The molecule has 0 N–H and O–H groups in total. The molecular formula is C14H19N3O4. The van der Waals surface area contributed by atoms with E-state index in [4.69, 9.17) is 0 Å². The normalized spacial score (nSPS) is 10.0. The second kappa shape index (κ2) is 7.37. The van der Waals surface area contributed by atoms with Crippen LogP contribution in [-0.4, -0.2) is 49.2 Å². The second-order valence-corrected chi connectivity index (χ2v) is 4.83. The van der Waals surface area contributed by atoms with Gasteiger partial charge in [0.2, 0.25) is 5.91 Å². The van der Waals surface area contributed by atoms with Gasteiger partial charge in [-0.3, -0.25) is 19.7 Å². The number of carbonyl (C=O) groups excluding carboxylic acids is 2. The fraction of sp³-hybridized carbons (Fsp3) is 0.429. The minimum atomic E-state index is -0.537. The number of aldehydes is 1. The third-order valence-corrected chi connectivity index (χ3v) is 2.99. The molecule has 0 aromatic heterocycles. The van der Waals surface area contributed by atoms with E-state index in [9.17, 15) is 19.7 Å². The van der Waals surface area contributed by atoms with Crippen molar-refractivity contribution in [1.29, 1.82) is 0 Å². The SMILES string of the molecule is CCCN(CC(=O)N(C)C)c1ccc(C=O)cc1[N+](=O)[O-]. The molecule has 0 bridgehead atoms. The molecule has 0 atom stereocenters. The maximum atomic E-state index is 11.9. The van der Waals surface area contributed by atoms with Gasteiger partial charge in [-0.05, 0) is 18.6 Å². The molecule has 114 valence electrons. The molecule has 0 aliphatic carbocycles. The van der Waals surface area contributed by atoms with E-state index < -0.39 is 4.92 Å². The molecule has 0 aliphatic rings. The third-order valence-electron chi connectivity index (χ3n) is 2.99. The summed E-state index contributed by atoms with van der Waals surface area (Å²) in [6.45, 7) is 2.50. The topological polar surface area (TPSA) is 83.8 Å². The van der Waals surface area contributed by atoms with Gasteiger partial charge in [0.25, 0.3) is 5.69 Å². The average Bonchev–Trinajstić information content (AvgIpc) is 2.45. The molecule has 1 aromatic rings. The summed E-state index contributed by atoms with van der Waals surface area (Å²) >= 11 is 0. The molecule has 0 radical (unpaired) electrons. The molecular weight excluding hydrogens is 274 g/mol. The number of hydrogen-bond acceptors (Lipinski definition) is 5. The lowest BCUT2D eigenvalue weighted by Crippen LogP contribution is -2.37. The number of benzene rings is 1. The van der Waals surface area contributed by atoms with Crippen LogP contribution in [0.5, 0.6) is 0 Å². The van der Waals surface area contributed by atoms with Gasteiger partial charge in [-0.2, -0.15) is 0 Å². The highest BCUT2D eigenvalue weighted by Gasteiger charge is 2.22. The molecule has 1 aromatic carbocycles. The summed E-state index contributed by atoms with van der Waals surface area (Å²) in [7, 11) is 3.27. The van der Waals surface area contributed by atoms with Crippen LogP contribution < -0.4 is 4.90 Å². The third kappa shape index (κ3) is 4.27. The van der Waals surface area contributed by atoms with Crippen molar-refractivity contribution < 1.29 is 14.5 Å². The van der Waals surface area contributed by atoms with Gasteiger partial charge >= 0.3 is 0 Å². The predicted octanol–water partition coefficient (Wildman–Crippen LogP) is 1.71. The van der Waals surface area contributed by atoms with Crippen LogP contribution >= 0.6 is 0 Å². The van der Waals surface area contributed by atoms with E-state index in [-0.39, 0.29) is 23.7 Å². The van der Waals surface area contributed by atoms with Crippen molar-refractivity contribution in [2.24, 2.45) is 0 Å². The van der Waals surface area contributed by atoms with E-state index in [0.717, 1.165) is 6.42 Å². The number of nitro benzene ring substituents is 1. The zero-order valence-electron chi connectivity index (χ0n) is 12.4. The van der Waals surface area contributed by atoms with Gasteiger partial charge < -0.3 is 9.80 Å². The van der Waals surface area contributed by atoms with Crippen LogP contribution in [0.25, 0.3) is 0 Å². The van der Waals surface area contributed by atoms with Crippen molar-refractivity contribution in [3.05, 3.63) is 33.9 Å². The van der Waals surface area contributed by atoms with Crippen molar-refractivity contribution >= 4 is 23.6 Å². The Labute approximate surface area is 123 Å². The van der Waals surface area contributed by atoms with Gasteiger partial charge in [0.05, 0.1) is 11.5 Å². The lowest BCUT2D eigenvalue weighted by atomic mass is 10.1. The molecule has 21 heavy (non-hydrogen) atoms. The molecule has 0 aliphatic heterocycles. The predicted molar refractivity (Wildman–Crippen MR) is 79.7 cm³/mol. The maximum absolute atomic E-state index is 11.9. The quantitative estimate of drug-likeness (QED) is 0.434. The zero-order chi connectivity index (χ0) is 16.0. The molecule has 7 heteroatoms.